The minimum absolute atomic E-state index is 0.00131. The molecule has 1 N–H and O–H groups in total. The largest absolute Gasteiger partial charge is 0.379 e. The molecule has 31 heavy (non-hydrogen) atoms. The zero-order valence-electron chi connectivity index (χ0n) is 20.9. The summed E-state index contributed by atoms with van der Waals surface area (Å²) >= 11 is 0. The van der Waals surface area contributed by atoms with Gasteiger partial charge < -0.3 is 19.7 Å². The minimum Gasteiger partial charge on any atom is -0.379 e. The van der Waals surface area contributed by atoms with Gasteiger partial charge in [-0.3, -0.25) is 14.4 Å². The van der Waals surface area contributed by atoms with Crippen LogP contribution in [0, 0.1) is 11.8 Å². The molecule has 0 saturated heterocycles. The lowest BCUT2D eigenvalue weighted by Gasteiger charge is -2.29. The van der Waals surface area contributed by atoms with Gasteiger partial charge in [0.05, 0.1) is 26.4 Å². The van der Waals surface area contributed by atoms with Crippen molar-refractivity contribution in [2.75, 3.05) is 33.0 Å². The lowest BCUT2D eigenvalue weighted by atomic mass is 9.80. The summed E-state index contributed by atoms with van der Waals surface area (Å²) in [6.45, 7) is 15.7. The van der Waals surface area contributed by atoms with Crippen LogP contribution in [-0.4, -0.2) is 67.6 Å². The zero-order chi connectivity index (χ0) is 23.8. The molecule has 0 atom stereocenters. The second kappa shape index (κ2) is 17.1. The highest BCUT2D eigenvalue weighted by molar-refractivity contribution is 5.83. The highest BCUT2D eigenvalue weighted by atomic mass is 16.5. The molecule has 1 rings (SSSR count). The highest BCUT2D eigenvalue weighted by Crippen LogP contribution is 2.27. The summed E-state index contributed by atoms with van der Waals surface area (Å²) in [4.78, 5) is 37.3. The predicted octanol–water partition coefficient (Wildman–Crippen LogP) is 3.59. The van der Waals surface area contributed by atoms with E-state index in [0.29, 0.717) is 45.2 Å². The lowest BCUT2D eigenvalue weighted by molar-refractivity contribution is -0.131. The maximum Gasteiger partial charge on any atom is 0.222 e. The monoisotopic (exact) mass is 442 g/mol. The third-order valence-corrected chi connectivity index (χ3v) is 5.41. The number of ether oxygens (including phenoxy) is 2. The Labute approximate surface area is 189 Å². The second-order valence-corrected chi connectivity index (χ2v) is 8.45. The summed E-state index contributed by atoms with van der Waals surface area (Å²) in [5.74, 6) is 0.651. The number of hydrogen-bond donors (Lipinski definition) is 1. The first-order chi connectivity index (χ1) is 14.7. The zero-order valence-corrected chi connectivity index (χ0v) is 20.9. The third-order valence-electron chi connectivity index (χ3n) is 5.41. The molecule has 7 heteroatoms. The molecule has 1 aliphatic carbocycles. The predicted molar refractivity (Wildman–Crippen MR) is 124 cm³/mol. The molecule has 1 aliphatic rings. The van der Waals surface area contributed by atoms with E-state index in [9.17, 15) is 14.4 Å². The van der Waals surface area contributed by atoms with Crippen LogP contribution in [0.5, 0.6) is 0 Å². The molecular formula is C24H46N2O5. The average molecular weight is 443 g/mol. The quantitative estimate of drug-likeness (QED) is 0.441. The molecule has 7 nitrogen and oxygen atoms in total. The van der Waals surface area contributed by atoms with Crippen LogP contribution in [0.2, 0.25) is 0 Å². The Morgan fingerprint density at radius 3 is 1.94 bits per heavy atom. The molecule has 0 spiro atoms. The highest BCUT2D eigenvalue weighted by Gasteiger charge is 2.28. The number of carbonyl (C=O) groups excluding carboxylic acids is 3. The molecule has 0 heterocycles. The molecule has 0 aromatic rings. The van der Waals surface area contributed by atoms with Gasteiger partial charge in [0.2, 0.25) is 11.8 Å². The molecular weight excluding hydrogens is 396 g/mol. The molecule has 0 aliphatic heterocycles. The second-order valence-electron chi connectivity index (χ2n) is 8.45. The van der Waals surface area contributed by atoms with Crippen molar-refractivity contribution in [1.29, 1.82) is 0 Å². The number of ketones is 1. The van der Waals surface area contributed by atoms with Crippen molar-refractivity contribution in [2.45, 2.75) is 92.7 Å². The van der Waals surface area contributed by atoms with Crippen LogP contribution in [0.1, 0.15) is 80.6 Å². The average Bonchev–Trinajstić information content (AvgIpc) is 2.73. The topological polar surface area (TPSA) is 84.9 Å². The summed E-state index contributed by atoms with van der Waals surface area (Å²) in [6.07, 6.45) is 3.81. The van der Waals surface area contributed by atoms with Crippen molar-refractivity contribution in [3.8, 4) is 0 Å². The number of nitrogens with one attached hydrogen (secondary N) is 1. The van der Waals surface area contributed by atoms with Crippen molar-refractivity contribution >= 4 is 17.6 Å². The molecule has 0 bridgehead atoms. The van der Waals surface area contributed by atoms with E-state index in [-0.39, 0.29) is 35.7 Å². The number of hydrogen-bond acceptors (Lipinski definition) is 5. The first-order valence-corrected chi connectivity index (χ1v) is 12.0. The Morgan fingerprint density at radius 2 is 1.45 bits per heavy atom. The van der Waals surface area contributed by atoms with Gasteiger partial charge in [-0.05, 0) is 39.5 Å². The fourth-order valence-corrected chi connectivity index (χ4v) is 3.72. The number of amides is 2. The van der Waals surface area contributed by atoms with Gasteiger partial charge in [-0.15, -0.1) is 0 Å². The third kappa shape index (κ3) is 12.9. The van der Waals surface area contributed by atoms with Crippen molar-refractivity contribution in [2.24, 2.45) is 11.8 Å². The van der Waals surface area contributed by atoms with Crippen LogP contribution in [0.15, 0.2) is 0 Å². The Kier molecular flexibility index (Phi) is 16.3. The van der Waals surface area contributed by atoms with E-state index in [0.717, 1.165) is 25.7 Å². The van der Waals surface area contributed by atoms with Gasteiger partial charge in [0, 0.05) is 43.8 Å². The minimum atomic E-state index is -0.00131. The lowest BCUT2D eigenvalue weighted by Crippen LogP contribution is -2.39. The first-order valence-electron chi connectivity index (χ1n) is 12.0. The van der Waals surface area contributed by atoms with E-state index < -0.39 is 0 Å². The molecule has 2 amide bonds. The Balaban J connectivity index is 0.00000436. The van der Waals surface area contributed by atoms with Gasteiger partial charge >= 0.3 is 0 Å². The SMILES string of the molecule is CC.CC(=O)N(CCOCCOCCC(=O)NC1CCC(C(=O)C(C)C)CC1)C(C)C. The molecule has 0 aromatic carbocycles. The number of rotatable bonds is 13. The molecule has 0 unspecified atom stereocenters. The summed E-state index contributed by atoms with van der Waals surface area (Å²) in [6, 6.07) is 0.337. The summed E-state index contributed by atoms with van der Waals surface area (Å²) in [5.41, 5.74) is 0. The molecule has 0 radical (unpaired) electrons. The molecule has 182 valence electrons. The van der Waals surface area contributed by atoms with E-state index in [2.05, 4.69) is 5.32 Å². The van der Waals surface area contributed by atoms with E-state index in [4.69, 9.17) is 9.47 Å². The van der Waals surface area contributed by atoms with Gasteiger partial charge in [0.1, 0.15) is 5.78 Å². The van der Waals surface area contributed by atoms with Crippen LogP contribution < -0.4 is 5.32 Å². The van der Waals surface area contributed by atoms with Gasteiger partial charge in [0.15, 0.2) is 0 Å². The first kappa shape index (κ1) is 29.5. The summed E-state index contributed by atoms with van der Waals surface area (Å²) < 4.78 is 11.0. The fourth-order valence-electron chi connectivity index (χ4n) is 3.72. The summed E-state index contributed by atoms with van der Waals surface area (Å²) in [7, 11) is 0. The fraction of sp³-hybridized carbons (Fsp3) is 0.875. The molecule has 1 fully saturated rings. The smallest absolute Gasteiger partial charge is 0.222 e. The Morgan fingerprint density at radius 1 is 0.903 bits per heavy atom. The van der Waals surface area contributed by atoms with E-state index in [1.807, 2.05) is 41.5 Å². The maximum absolute atomic E-state index is 12.1. The number of carbonyl (C=O) groups is 3. The van der Waals surface area contributed by atoms with Crippen LogP contribution in [0.4, 0.5) is 0 Å². The van der Waals surface area contributed by atoms with E-state index >= 15 is 0 Å². The van der Waals surface area contributed by atoms with Crippen LogP contribution in [-0.2, 0) is 23.9 Å². The number of nitrogens with zero attached hydrogens (tertiary/aromatic N) is 1. The maximum atomic E-state index is 12.1. The Hall–Kier alpha value is -1.47. The molecule has 1 saturated carbocycles. The van der Waals surface area contributed by atoms with E-state index in [1.54, 1.807) is 11.8 Å². The molecule has 0 aromatic heterocycles. The van der Waals surface area contributed by atoms with Gasteiger partial charge in [0.25, 0.3) is 0 Å². The van der Waals surface area contributed by atoms with E-state index in [1.165, 1.54) is 0 Å². The van der Waals surface area contributed by atoms with Crippen molar-refractivity contribution in [3.05, 3.63) is 0 Å². The summed E-state index contributed by atoms with van der Waals surface area (Å²) in [5, 5.41) is 3.05. The van der Waals surface area contributed by atoms with Crippen LogP contribution in [0.25, 0.3) is 0 Å². The van der Waals surface area contributed by atoms with Crippen LogP contribution >= 0.6 is 0 Å². The van der Waals surface area contributed by atoms with Crippen molar-refractivity contribution in [1.82, 2.24) is 10.2 Å². The van der Waals surface area contributed by atoms with Crippen molar-refractivity contribution < 1.29 is 23.9 Å². The standard InChI is InChI=1S/C22H40N2O5.C2H6/c1-16(2)22(27)19-6-8-20(9-7-19)23-21(26)10-12-28-14-15-29-13-11-24(17(3)4)18(5)25;1-2/h16-17,19-20H,6-15H2,1-5H3,(H,23,26);1-2H3. The van der Waals surface area contributed by atoms with Crippen LogP contribution in [0.3, 0.4) is 0 Å². The van der Waals surface area contributed by atoms with Gasteiger partial charge in [-0.2, -0.15) is 0 Å². The Bertz CT molecular complexity index is 514. The van der Waals surface area contributed by atoms with Gasteiger partial charge in [-0.25, -0.2) is 0 Å². The number of Topliss-reactive ketones (excluding diaryl/α,β-unsaturated/α-hetero) is 1. The van der Waals surface area contributed by atoms with Gasteiger partial charge in [-0.1, -0.05) is 27.7 Å². The normalized spacial score (nSPS) is 18.4. The van der Waals surface area contributed by atoms with Crippen molar-refractivity contribution in [3.63, 3.8) is 0 Å².